The van der Waals surface area contributed by atoms with Crippen LogP contribution in [0.3, 0.4) is 0 Å². The van der Waals surface area contributed by atoms with Crippen LogP contribution in [0, 0.1) is 0 Å². The van der Waals surface area contributed by atoms with E-state index >= 15 is 0 Å². The Balaban J connectivity index is 2.07. The summed E-state index contributed by atoms with van der Waals surface area (Å²) in [5, 5.41) is 3.47. The summed E-state index contributed by atoms with van der Waals surface area (Å²) in [6, 6.07) is 0. The van der Waals surface area contributed by atoms with Gasteiger partial charge in [-0.15, -0.1) is 0 Å². The van der Waals surface area contributed by atoms with Gasteiger partial charge in [0.25, 0.3) is 0 Å². The third-order valence-corrected chi connectivity index (χ3v) is 2.47. The highest BCUT2D eigenvalue weighted by Crippen LogP contribution is 2.15. The molecule has 0 spiro atoms. The summed E-state index contributed by atoms with van der Waals surface area (Å²) in [4.78, 5) is 2.48. The SMILES string of the molecule is C1=C2NCCCCN2CCC1. The molecular formula is C9H16N2. The molecule has 0 aromatic rings. The van der Waals surface area contributed by atoms with Gasteiger partial charge < -0.3 is 10.2 Å². The highest BCUT2D eigenvalue weighted by atomic mass is 15.2. The van der Waals surface area contributed by atoms with Crippen LogP contribution in [-0.4, -0.2) is 24.5 Å². The number of rotatable bonds is 0. The first-order chi connectivity index (χ1) is 5.47. The minimum atomic E-state index is 1.17. The summed E-state index contributed by atoms with van der Waals surface area (Å²) in [7, 11) is 0. The lowest BCUT2D eigenvalue weighted by Crippen LogP contribution is -2.33. The molecule has 0 aromatic carbocycles. The molecule has 2 nitrogen and oxygen atoms in total. The number of hydrogen-bond acceptors (Lipinski definition) is 2. The monoisotopic (exact) mass is 152 g/mol. The van der Waals surface area contributed by atoms with E-state index in [1.165, 1.54) is 51.1 Å². The van der Waals surface area contributed by atoms with Crippen molar-refractivity contribution in [2.75, 3.05) is 19.6 Å². The average Bonchev–Trinajstić information content (AvgIpc) is 2.28. The second kappa shape index (κ2) is 3.16. The lowest BCUT2D eigenvalue weighted by Gasteiger charge is -2.28. The molecule has 0 aliphatic carbocycles. The van der Waals surface area contributed by atoms with Gasteiger partial charge in [0.2, 0.25) is 0 Å². The van der Waals surface area contributed by atoms with Gasteiger partial charge in [0.15, 0.2) is 0 Å². The molecule has 2 aliphatic rings. The Morgan fingerprint density at radius 2 is 2.09 bits per heavy atom. The molecule has 0 unspecified atom stereocenters. The molecule has 2 heteroatoms. The van der Waals surface area contributed by atoms with Crippen molar-refractivity contribution < 1.29 is 0 Å². The molecule has 0 amide bonds. The lowest BCUT2D eigenvalue weighted by atomic mass is 10.2. The van der Waals surface area contributed by atoms with Gasteiger partial charge in [-0.3, -0.25) is 0 Å². The fourth-order valence-corrected chi connectivity index (χ4v) is 1.83. The van der Waals surface area contributed by atoms with Crippen LogP contribution in [0.5, 0.6) is 0 Å². The zero-order chi connectivity index (χ0) is 7.52. The summed E-state index contributed by atoms with van der Waals surface area (Å²) >= 11 is 0. The first-order valence-electron chi connectivity index (χ1n) is 4.66. The summed E-state index contributed by atoms with van der Waals surface area (Å²) in [5.74, 6) is 1.40. The summed E-state index contributed by atoms with van der Waals surface area (Å²) in [6.07, 6.45) is 7.62. The predicted molar refractivity (Wildman–Crippen MR) is 46.1 cm³/mol. The highest BCUT2D eigenvalue weighted by Gasteiger charge is 2.14. The van der Waals surface area contributed by atoms with Gasteiger partial charge in [0, 0.05) is 19.6 Å². The van der Waals surface area contributed by atoms with Gasteiger partial charge in [-0.1, -0.05) is 0 Å². The topological polar surface area (TPSA) is 15.3 Å². The second-order valence-corrected chi connectivity index (χ2v) is 3.35. The molecule has 2 rings (SSSR count). The summed E-state index contributed by atoms with van der Waals surface area (Å²) in [6.45, 7) is 3.69. The normalized spacial score (nSPS) is 24.7. The smallest absolute Gasteiger partial charge is 0.0971 e. The number of hydrogen-bond donors (Lipinski definition) is 1. The molecule has 1 fully saturated rings. The number of allylic oxidation sites excluding steroid dienone is 1. The largest absolute Gasteiger partial charge is 0.372 e. The van der Waals surface area contributed by atoms with Crippen molar-refractivity contribution >= 4 is 0 Å². The zero-order valence-electron chi connectivity index (χ0n) is 6.97. The molecule has 1 N–H and O–H groups in total. The van der Waals surface area contributed by atoms with Crippen LogP contribution >= 0.6 is 0 Å². The Morgan fingerprint density at radius 3 is 3.09 bits per heavy atom. The zero-order valence-corrected chi connectivity index (χ0v) is 6.97. The van der Waals surface area contributed by atoms with Crippen LogP contribution in [0.15, 0.2) is 11.9 Å². The van der Waals surface area contributed by atoms with E-state index < -0.39 is 0 Å². The molecule has 0 bridgehead atoms. The Morgan fingerprint density at radius 1 is 1.18 bits per heavy atom. The number of fused-ring (bicyclic) bond motifs is 1. The van der Waals surface area contributed by atoms with Gasteiger partial charge in [-0.2, -0.15) is 0 Å². The maximum Gasteiger partial charge on any atom is 0.0971 e. The van der Waals surface area contributed by atoms with Crippen molar-refractivity contribution in [3.05, 3.63) is 11.9 Å². The second-order valence-electron chi connectivity index (χ2n) is 3.35. The molecule has 11 heavy (non-hydrogen) atoms. The van der Waals surface area contributed by atoms with E-state index in [9.17, 15) is 0 Å². The summed E-state index contributed by atoms with van der Waals surface area (Å²) in [5.41, 5.74) is 0. The molecule has 0 atom stereocenters. The fraction of sp³-hybridized carbons (Fsp3) is 0.778. The first-order valence-corrected chi connectivity index (χ1v) is 4.66. The Bertz CT molecular complexity index is 163. The molecule has 0 radical (unpaired) electrons. The van der Waals surface area contributed by atoms with E-state index in [-0.39, 0.29) is 0 Å². The lowest BCUT2D eigenvalue weighted by molar-refractivity contribution is 0.315. The Kier molecular flexibility index (Phi) is 2.01. The van der Waals surface area contributed by atoms with E-state index in [0.29, 0.717) is 0 Å². The van der Waals surface area contributed by atoms with E-state index in [1.54, 1.807) is 0 Å². The minimum Gasteiger partial charge on any atom is -0.372 e. The molecule has 2 aliphatic heterocycles. The van der Waals surface area contributed by atoms with Crippen molar-refractivity contribution in [2.24, 2.45) is 0 Å². The quantitative estimate of drug-likeness (QED) is 0.563. The standard InChI is InChI=1S/C9H16N2/c1-3-7-11-8-4-2-6-10-9(11)5-1/h5,10H,1-4,6-8H2. The predicted octanol–water partition coefficient (Wildman–Crippen LogP) is 1.31. The summed E-state index contributed by atoms with van der Waals surface area (Å²) < 4.78 is 0. The van der Waals surface area contributed by atoms with Crippen molar-refractivity contribution in [1.29, 1.82) is 0 Å². The van der Waals surface area contributed by atoms with Gasteiger partial charge in [-0.25, -0.2) is 0 Å². The van der Waals surface area contributed by atoms with Gasteiger partial charge in [0.05, 0.1) is 5.82 Å². The Labute approximate surface area is 68.3 Å². The van der Waals surface area contributed by atoms with Crippen molar-refractivity contribution in [1.82, 2.24) is 10.2 Å². The third-order valence-electron chi connectivity index (χ3n) is 2.47. The van der Waals surface area contributed by atoms with Crippen molar-refractivity contribution in [3.63, 3.8) is 0 Å². The van der Waals surface area contributed by atoms with Crippen LogP contribution in [-0.2, 0) is 0 Å². The van der Waals surface area contributed by atoms with Crippen LogP contribution in [0.4, 0.5) is 0 Å². The van der Waals surface area contributed by atoms with Crippen LogP contribution < -0.4 is 5.32 Å². The maximum atomic E-state index is 3.47. The van der Waals surface area contributed by atoms with Crippen molar-refractivity contribution in [3.8, 4) is 0 Å². The van der Waals surface area contributed by atoms with E-state index in [1.807, 2.05) is 0 Å². The van der Waals surface area contributed by atoms with E-state index in [2.05, 4.69) is 16.3 Å². The molecule has 62 valence electrons. The molecule has 0 aromatic heterocycles. The van der Waals surface area contributed by atoms with E-state index in [4.69, 9.17) is 0 Å². The molecular weight excluding hydrogens is 136 g/mol. The van der Waals surface area contributed by atoms with Crippen LogP contribution in [0.25, 0.3) is 0 Å². The maximum absolute atomic E-state index is 3.47. The third kappa shape index (κ3) is 1.50. The Hall–Kier alpha value is -0.660. The van der Waals surface area contributed by atoms with Crippen molar-refractivity contribution in [2.45, 2.75) is 25.7 Å². The minimum absolute atomic E-state index is 1.17. The first kappa shape index (κ1) is 7.01. The molecule has 2 heterocycles. The highest BCUT2D eigenvalue weighted by molar-refractivity contribution is 5.03. The van der Waals surface area contributed by atoms with E-state index in [0.717, 1.165) is 0 Å². The van der Waals surface area contributed by atoms with Crippen LogP contribution in [0.1, 0.15) is 25.7 Å². The number of nitrogens with one attached hydrogen (secondary N) is 1. The average molecular weight is 152 g/mol. The van der Waals surface area contributed by atoms with Gasteiger partial charge in [0.1, 0.15) is 0 Å². The number of nitrogens with zero attached hydrogens (tertiary/aromatic N) is 1. The fourth-order valence-electron chi connectivity index (χ4n) is 1.83. The van der Waals surface area contributed by atoms with Gasteiger partial charge >= 0.3 is 0 Å². The molecule has 0 saturated carbocycles. The van der Waals surface area contributed by atoms with Crippen LogP contribution in [0.2, 0.25) is 0 Å². The molecule has 1 saturated heterocycles. The van der Waals surface area contributed by atoms with Gasteiger partial charge in [-0.05, 0) is 31.8 Å².